The topological polar surface area (TPSA) is 30.0 Å². The lowest BCUT2D eigenvalue weighted by molar-refractivity contribution is -0.137. The maximum Gasteiger partial charge on any atom is 0.417 e. The van der Waals surface area contributed by atoms with Crippen LogP contribution in [0.4, 0.5) is 13.2 Å². The first-order valence-corrected chi connectivity index (χ1v) is 4.84. The molecule has 0 radical (unpaired) electrons. The molecule has 1 rings (SSSR count). The molecule has 0 aromatic carbocycles. The molecular weight excluding hydrogens is 243 g/mol. The van der Waals surface area contributed by atoms with E-state index in [4.69, 9.17) is 11.6 Å². The van der Waals surface area contributed by atoms with E-state index in [1.54, 1.807) is 6.92 Å². The molecule has 1 unspecified atom stereocenters. The van der Waals surface area contributed by atoms with Crippen molar-refractivity contribution in [2.75, 3.05) is 0 Å². The lowest BCUT2D eigenvalue weighted by atomic mass is 10.0. The summed E-state index contributed by atoms with van der Waals surface area (Å²) >= 11 is 5.66. The third-order valence-electron chi connectivity index (χ3n) is 2.22. The zero-order valence-corrected chi connectivity index (χ0v) is 9.36. The van der Waals surface area contributed by atoms with Gasteiger partial charge in [-0.05, 0) is 19.9 Å². The van der Waals surface area contributed by atoms with Gasteiger partial charge in [0, 0.05) is 6.20 Å². The van der Waals surface area contributed by atoms with Crippen LogP contribution in [0.25, 0.3) is 0 Å². The third-order valence-corrected chi connectivity index (χ3v) is 2.52. The molecule has 88 valence electrons. The summed E-state index contributed by atoms with van der Waals surface area (Å²) in [5.74, 6) is -0.802. The number of nitrogens with zero attached hydrogens (tertiary/aromatic N) is 1. The average Bonchev–Trinajstić information content (AvgIpc) is 2.15. The highest BCUT2D eigenvalue weighted by Crippen LogP contribution is 2.32. The number of Topliss-reactive ketones (excluding diaryl/α,β-unsaturated/α-hetero) is 1. The van der Waals surface area contributed by atoms with Crippen molar-refractivity contribution in [1.82, 2.24) is 4.98 Å². The molecule has 0 amide bonds. The molecule has 0 bridgehead atoms. The highest BCUT2D eigenvalue weighted by molar-refractivity contribution is 6.31. The number of carbonyl (C=O) groups excluding carboxylic acids is 1. The summed E-state index contributed by atoms with van der Waals surface area (Å²) in [5.41, 5.74) is -0.751. The maximum absolute atomic E-state index is 12.3. The fourth-order valence-corrected chi connectivity index (χ4v) is 1.44. The maximum atomic E-state index is 12.3. The Hall–Kier alpha value is -1.10. The molecule has 0 N–H and O–H groups in total. The van der Waals surface area contributed by atoms with Crippen LogP contribution < -0.4 is 0 Å². The number of rotatable bonds is 2. The summed E-state index contributed by atoms with van der Waals surface area (Å²) in [5, 5.41) is -0.141. The van der Waals surface area contributed by atoms with Gasteiger partial charge < -0.3 is 0 Å². The number of hydrogen-bond acceptors (Lipinski definition) is 2. The number of halogens is 4. The van der Waals surface area contributed by atoms with Gasteiger partial charge in [-0.1, -0.05) is 11.6 Å². The first-order chi connectivity index (χ1) is 7.23. The Morgan fingerprint density at radius 2 is 2.06 bits per heavy atom. The van der Waals surface area contributed by atoms with Gasteiger partial charge in [-0.2, -0.15) is 13.2 Å². The number of alkyl halides is 3. The van der Waals surface area contributed by atoms with Gasteiger partial charge >= 0.3 is 6.18 Å². The van der Waals surface area contributed by atoms with Gasteiger partial charge in [0.05, 0.1) is 22.2 Å². The Balaban J connectivity index is 3.15. The summed E-state index contributed by atoms with van der Waals surface area (Å²) in [4.78, 5) is 14.7. The van der Waals surface area contributed by atoms with Crippen LogP contribution in [0.5, 0.6) is 0 Å². The Bertz CT molecular complexity index is 417. The molecule has 0 spiro atoms. The molecule has 0 saturated carbocycles. The van der Waals surface area contributed by atoms with Crippen molar-refractivity contribution in [2.24, 2.45) is 0 Å². The predicted molar refractivity (Wildman–Crippen MR) is 53.3 cm³/mol. The fourth-order valence-electron chi connectivity index (χ4n) is 1.11. The standard InChI is InChI=1S/C10H9ClF3NO/c1-5(6(2)16)9-8(11)3-7(4-15-9)10(12,13)14/h3-5H,1-2H3. The van der Waals surface area contributed by atoms with Crippen LogP contribution in [0.3, 0.4) is 0 Å². The van der Waals surface area contributed by atoms with E-state index in [1.807, 2.05) is 0 Å². The van der Waals surface area contributed by atoms with Gasteiger partial charge in [0.2, 0.25) is 0 Å². The minimum atomic E-state index is -4.48. The van der Waals surface area contributed by atoms with Gasteiger partial charge in [-0.25, -0.2) is 0 Å². The van der Waals surface area contributed by atoms with Gasteiger partial charge in [0.15, 0.2) is 0 Å². The first-order valence-electron chi connectivity index (χ1n) is 4.46. The van der Waals surface area contributed by atoms with E-state index in [0.717, 1.165) is 6.07 Å². The van der Waals surface area contributed by atoms with E-state index in [0.29, 0.717) is 6.20 Å². The van der Waals surface area contributed by atoms with Gasteiger partial charge in [0.25, 0.3) is 0 Å². The summed E-state index contributed by atoms with van der Waals surface area (Å²) in [6.45, 7) is 2.88. The lowest BCUT2D eigenvalue weighted by Gasteiger charge is -2.12. The monoisotopic (exact) mass is 251 g/mol. The Morgan fingerprint density at radius 1 is 1.50 bits per heavy atom. The number of aromatic nitrogens is 1. The molecule has 1 atom stereocenters. The summed E-state index contributed by atoms with van der Waals surface area (Å²) < 4.78 is 36.9. The second-order valence-electron chi connectivity index (χ2n) is 3.42. The fraction of sp³-hybridized carbons (Fsp3) is 0.400. The normalized spacial score (nSPS) is 13.6. The molecule has 1 aromatic rings. The van der Waals surface area contributed by atoms with E-state index in [2.05, 4.69) is 4.98 Å². The van der Waals surface area contributed by atoms with Gasteiger partial charge in [-0.3, -0.25) is 9.78 Å². The molecule has 2 nitrogen and oxygen atoms in total. The Morgan fingerprint density at radius 3 is 2.44 bits per heavy atom. The van der Waals surface area contributed by atoms with Crippen LogP contribution in [0.15, 0.2) is 12.3 Å². The first kappa shape index (κ1) is 13.0. The van der Waals surface area contributed by atoms with Crippen molar-refractivity contribution in [2.45, 2.75) is 25.9 Å². The van der Waals surface area contributed by atoms with Crippen LogP contribution in [0.2, 0.25) is 5.02 Å². The summed E-state index contributed by atoms with van der Waals surface area (Å²) in [7, 11) is 0. The second-order valence-corrected chi connectivity index (χ2v) is 3.83. The van der Waals surface area contributed by atoms with Crippen LogP contribution in [0, 0.1) is 0 Å². The van der Waals surface area contributed by atoms with E-state index in [9.17, 15) is 18.0 Å². The van der Waals surface area contributed by atoms with Crippen molar-refractivity contribution in [3.63, 3.8) is 0 Å². The van der Waals surface area contributed by atoms with Crippen molar-refractivity contribution < 1.29 is 18.0 Å². The van der Waals surface area contributed by atoms with Crippen LogP contribution in [-0.2, 0) is 11.0 Å². The molecule has 6 heteroatoms. The lowest BCUT2D eigenvalue weighted by Crippen LogP contribution is -2.10. The molecule has 0 aliphatic carbocycles. The number of carbonyl (C=O) groups is 1. The predicted octanol–water partition coefficient (Wildman–Crippen LogP) is 3.45. The minimum Gasteiger partial charge on any atom is -0.299 e. The SMILES string of the molecule is CC(=O)C(C)c1ncc(C(F)(F)F)cc1Cl. The summed E-state index contributed by atoms with van der Waals surface area (Å²) in [6.07, 6.45) is -3.80. The van der Waals surface area contributed by atoms with Crippen LogP contribution in [0.1, 0.15) is 31.0 Å². The molecule has 0 saturated heterocycles. The van der Waals surface area contributed by atoms with Gasteiger partial charge in [-0.15, -0.1) is 0 Å². The number of pyridine rings is 1. The van der Waals surface area contributed by atoms with Crippen molar-refractivity contribution in [3.8, 4) is 0 Å². The minimum absolute atomic E-state index is 0.141. The Kier molecular flexibility index (Phi) is 3.57. The van der Waals surface area contributed by atoms with E-state index in [-0.39, 0.29) is 16.5 Å². The molecule has 0 aliphatic rings. The third kappa shape index (κ3) is 2.72. The van der Waals surface area contributed by atoms with Crippen molar-refractivity contribution in [3.05, 3.63) is 28.5 Å². The molecule has 1 heterocycles. The largest absolute Gasteiger partial charge is 0.417 e. The van der Waals surface area contributed by atoms with Crippen molar-refractivity contribution in [1.29, 1.82) is 0 Å². The highest BCUT2D eigenvalue weighted by Gasteiger charge is 2.32. The Labute approximate surface area is 95.4 Å². The zero-order chi connectivity index (χ0) is 12.5. The molecule has 0 fully saturated rings. The van der Waals surface area contributed by atoms with E-state index >= 15 is 0 Å². The zero-order valence-electron chi connectivity index (χ0n) is 8.60. The number of hydrogen-bond donors (Lipinski definition) is 0. The molecule has 16 heavy (non-hydrogen) atoms. The van der Waals surface area contributed by atoms with Crippen LogP contribution in [-0.4, -0.2) is 10.8 Å². The van der Waals surface area contributed by atoms with Crippen LogP contribution >= 0.6 is 11.6 Å². The van der Waals surface area contributed by atoms with Crippen molar-refractivity contribution >= 4 is 17.4 Å². The average molecular weight is 252 g/mol. The summed E-state index contributed by atoms with van der Waals surface area (Å²) in [6, 6.07) is 0.781. The van der Waals surface area contributed by atoms with E-state index in [1.165, 1.54) is 6.92 Å². The smallest absolute Gasteiger partial charge is 0.299 e. The number of ketones is 1. The molecular formula is C10H9ClF3NO. The molecule has 0 aliphatic heterocycles. The quantitative estimate of drug-likeness (QED) is 0.806. The van der Waals surface area contributed by atoms with E-state index < -0.39 is 17.7 Å². The van der Waals surface area contributed by atoms with Gasteiger partial charge in [0.1, 0.15) is 5.78 Å². The molecule has 1 aromatic heterocycles. The second kappa shape index (κ2) is 4.41. The highest BCUT2D eigenvalue weighted by atomic mass is 35.5.